The standard InChI is InChI=1S/C20H20N4O/c1-14-7-6-10-17(15(14)2)23-20-21-12-11-18(24-20)19(25)22-13-16-8-4-3-5-9-16/h3-12H,13H2,1-2H3,(H,22,25)(H,21,23,24). The Labute approximate surface area is 147 Å². The second kappa shape index (κ2) is 7.57. The molecule has 5 nitrogen and oxygen atoms in total. The van der Waals surface area contributed by atoms with E-state index < -0.39 is 0 Å². The molecular weight excluding hydrogens is 312 g/mol. The lowest BCUT2D eigenvalue weighted by molar-refractivity contribution is 0.0946. The molecule has 1 amide bonds. The van der Waals surface area contributed by atoms with E-state index in [0.717, 1.165) is 16.8 Å². The fraction of sp³-hybridized carbons (Fsp3) is 0.150. The van der Waals surface area contributed by atoms with Gasteiger partial charge in [0.2, 0.25) is 5.95 Å². The van der Waals surface area contributed by atoms with E-state index in [1.54, 1.807) is 12.3 Å². The Morgan fingerprint density at radius 3 is 2.60 bits per heavy atom. The van der Waals surface area contributed by atoms with E-state index >= 15 is 0 Å². The molecule has 1 aromatic heterocycles. The van der Waals surface area contributed by atoms with Gasteiger partial charge in [-0.3, -0.25) is 4.79 Å². The summed E-state index contributed by atoms with van der Waals surface area (Å²) in [5.41, 5.74) is 4.62. The van der Waals surface area contributed by atoms with Crippen LogP contribution in [0, 0.1) is 13.8 Å². The molecule has 0 atom stereocenters. The number of hydrogen-bond acceptors (Lipinski definition) is 4. The number of amides is 1. The van der Waals surface area contributed by atoms with Crippen LogP contribution in [0.5, 0.6) is 0 Å². The minimum absolute atomic E-state index is 0.227. The van der Waals surface area contributed by atoms with Crippen LogP contribution in [0.3, 0.4) is 0 Å². The highest BCUT2D eigenvalue weighted by atomic mass is 16.1. The Kier molecular flexibility index (Phi) is 5.04. The quantitative estimate of drug-likeness (QED) is 0.746. The van der Waals surface area contributed by atoms with Crippen LogP contribution in [0.25, 0.3) is 0 Å². The molecule has 0 fully saturated rings. The fourth-order valence-electron chi connectivity index (χ4n) is 2.42. The average Bonchev–Trinajstić information content (AvgIpc) is 2.64. The van der Waals surface area contributed by atoms with Gasteiger partial charge in [0.25, 0.3) is 5.91 Å². The van der Waals surface area contributed by atoms with E-state index in [9.17, 15) is 4.79 Å². The lowest BCUT2D eigenvalue weighted by Crippen LogP contribution is -2.24. The Morgan fingerprint density at radius 2 is 1.80 bits per heavy atom. The van der Waals surface area contributed by atoms with E-state index in [2.05, 4.69) is 33.6 Å². The van der Waals surface area contributed by atoms with E-state index in [1.807, 2.05) is 49.4 Å². The first kappa shape index (κ1) is 16.6. The maximum atomic E-state index is 12.3. The lowest BCUT2D eigenvalue weighted by Gasteiger charge is -2.11. The monoisotopic (exact) mass is 332 g/mol. The van der Waals surface area contributed by atoms with E-state index in [4.69, 9.17) is 0 Å². The Bertz CT molecular complexity index is 878. The topological polar surface area (TPSA) is 66.9 Å². The largest absolute Gasteiger partial charge is 0.347 e. The third-order valence-electron chi connectivity index (χ3n) is 4.04. The molecule has 0 aliphatic carbocycles. The van der Waals surface area contributed by atoms with Crippen LogP contribution in [0.2, 0.25) is 0 Å². The number of nitrogens with one attached hydrogen (secondary N) is 2. The minimum Gasteiger partial charge on any atom is -0.347 e. The SMILES string of the molecule is Cc1cccc(Nc2nccc(C(=O)NCc3ccccc3)n2)c1C. The number of benzene rings is 2. The fourth-order valence-corrected chi connectivity index (χ4v) is 2.42. The number of hydrogen-bond donors (Lipinski definition) is 2. The number of aryl methyl sites for hydroxylation is 1. The highest BCUT2D eigenvalue weighted by Gasteiger charge is 2.09. The van der Waals surface area contributed by atoms with Crippen LogP contribution >= 0.6 is 0 Å². The first-order chi connectivity index (χ1) is 12.1. The van der Waals surface area contributed by atoms with Crippen molar-refractivity contribution < 1.29 is 4.79 Å². The maximum absolute atomic E-state index is 12.3. The van der Waals surface area contributed by atoms with Gasteiger partial charge in [0, 0.05) is 18.4 Å². The van der Waals surface area contributed by atoms with Gasteiger partial charge in [-0.25, -0.2) is 9.97 Å². The summed E-state index contributed by atoms with van der Waals surface area (Å²) in [4.78, 5) is 20.8. The zero-order chi connectivity index (χ0) is 17.6. The van der Waals surface area contributed by atoms with Gasteiger partial charge in [0.05, 0.1) is 0 Å². The number of carbonyl (C=O) groups is 1. The Morgan fingerprint density at radius 1 is 1.00 bits per heavy atom. The van der Waals surface area contributed by atoms with Crippen molar-refractivity contribution in [3.8, 4) is 0 Å². The molecule has 3 rings (SSSR count). The summed E-state index contributed by atoms with van der Waals surface area (Å²) < 4.78 is 0. The summed E-state index contributed by atoms with van der Waals surface area (Å²) in [6, 6.07) is 17.4. The number of rotatable bonds is 5. The van der Waals surface area contributed by atoms with Gasteiger partial charge in [-0.1, -0.05) is 42.5 Å². The average molecular weight is 332 g/mol. The zero-order valence-corrected chi connectivity index (χ0v) is 14.3. The van der Waals surface area contributed by atoms with Crippen molar-refractivity contribution >= 4 is 17.5 Å². The van der Waals surface area contributed by atoms with Crippen LogP contribution in [-0.2, 0) is 6.54 Å². The molecule has 0 aliphatic rings. The molecule has 1 heterocycles. The van der Waals surface area contributed by atoms with Crippen molar-refractivity contribution in [2.24, 2.45) is 0 Å². The molecule has 0 bridgehead atoms. The number of aromatic nitrogens is 2. The van der Waals surface area contributed by atoms with E-state index in [1.165, 1.54) is 5.56 Å². The maximum Gasteiger partial charge on any atom is 0.270 e. The van der Waals surface area contributed by atoms with Gasteiger partial charge in [-0.15, -0.1) is 0 Å². The second-order valence-corrected chi connectivity index (χ2v) is 5.81. The summed E-state index contributed by atoms with van der Waals surface area (Å²) >= 11 is 0. The number of carbonyl (C=O) groups excluding carboxylic acids is 1. The molecule has 0 radical (unpaired) electrons. The molecule has 5 heteroatoms. The molecule has 25 heavy (non-hydrogen) atoms. The van der Waals surface area contributed by atoms with Gasteiger partial charge in [-0.2, -0.15) is 0 Å². The van der Waals surface area contributed by atoms with Crippen LogP contribution in [0.4, 0.5) is 11.6 Å². The first-order valence-corrected chi connectivity index (χ1v) is 8.12. The van der Waals surface area contributed by atoms with Crippen LogP contribution < -0.4 is 10.6 Å². The smallest absolute Gasteiger partial charge is 0.270 e. The molecule has 0 saturated heterocycles. The van der Waals surface area contributed by atoms with Crippen LogP contribution in [-0.4, -0.2) is 15.9 Å². The molecule has 0 saturated carbocycles. The summed E-state index contributed by atoms with van der Waals surface area (Å²) in [7, 11) is 0. The van der Waals surface area contributed by atoms with Gasteiger partial charge in [0.15, 0.2) is 0 Å². The van der Waals surface area contributed by atoms with Crippen molar-refractivity contribution in [3.63, 3.8) is 0 Å². The highest BCUT2D eigenvalue weighted by molar-refractivity contribution is 5.92. The van der Waals surface area contributed by atoms with Crippen LogP contribution in [0.15, 0.2) is 60.8 Å². The van der Waals surface area contributed by atoms with E-state index in [-0.39, 0.29) is 5.91 Å². The van der Waals surface area contributed by atoms with Gasteiger partial charge in [0.1, 0.15) is 5.69 Å². The molecular formula is C20H20N4O. The predicted molar refractivity (Wildman–Crippen MR) is 98.8 cm³/mol. The summed E-state index contributed by atoms with van der Waals surface area (Å²) in [5, 5.41) is 6.05. The van der Waals surface area contributed by atoms with Crippen molar-refractivity contribution in [1.82, 2.24) is 15.3 Å². The molecule has 0 unspecified atom stereocenters. The lowest BCUT2D eigenvalue weighted by atomic mass is 10.1. The van der Waals surface area contributed by atoms with Gasteiger partial charge >= 0.3 is 0 Å². The molecule has 3 aromatic rings. The normalized spacial score (nSPS) is 10.3. The summed E-state index contributed by atoms with van der Waals surface area (Å²) in [6.07, 6.45) is 1.58. The van der Waals surface area contributed by atoms with Crippen LogP contribution in [0.1, 0.15) is 27.2 Å². The molecule has 0 aliphatic heterocycles. The van der Waals surface area contributed by atoms with E-state index in [0.29, 0.717) is 18.2 Å². The van der Waals surface area contributed by atoms with Gasteiger partial charge in [-0.05, 0) is 42.7 Å². The minimum atomic E-state index is -0.227. The highest BCUT2D eigenvalue weighted by Crippen LogP contribution is 2.20. The Balaban J connectivity index is 1.70. The third kappa shape index (κ3) is 4.20. The number of nitrogens with zero attached hydrogens (tertiary/aromatic N) is 2. The van der Waals surface area contributed by atoms with Crippen molar-refractivity contribution in [2.45, 2.75) is 20.4 Å². The first-order valence-electron chi connectivity index (χ1n) is 8.12. The molecule has 0 spiro atoms. The summed E-state index contributed by atoms with van der Waals surface area (Å²) in [6.45, 7) is 4.55. The third-order valence-corrected chi connectivity index (χ3v) is 4.04. The van der Waals surface area contributed by atoms with Crippen molar-refractivity contribution in [3.05, 3.63) is 83.2 Å². The second-order valence-electron chi connectivity index (χ2n) is 5.81. The summed E-state index contributed by atoms with van der Waals surface area (Å²) in [5.74, 6) is 0.177. The molecule has 126 valence electrons. The van der Waals surface area contributed by atoms with Crippen molar-refractivity contribution in [2.75, 3.05) is 5.32 Å². The predicted octanol–water partition coefficient (Wildman–Crippen LogP) is 3.77. The van der Waals surface area contributed by atoms with Gasteiger partial charge < -0.3 is 10.6 Å². The van der Waals surface area contributed by atoms with Crippen molar-refractivity contribution in [1.29, 1.82) is 0 Å². The Hall–Kier alpha value is -3.21. The zero-order valence-electron chi connectivity index (χ0n) is 14.3. The molecule has 2 aromatic carbocycles. The number of anilines is 2. The molecule has 2 N–H and O–H groups in total.